The third-order valence-electron chi connectivity index (χ3n) is 2.28. The summed E-state index contributed by atoms with van der Waals surface area (Å²) in [5, 5.41) is 1.51. The van der Waals surface area contributed by atoms with Gasteiger partial charge in [-0.15, -0.1) is 0 Å². The predicted octanol–water partition coefficient (Wildman–Crippen LogP) is 2.85. The molecule has 1 heteroatoms. The van der Waals surface area contributed by atoms with E-state index in [1.807, 2.05) is 6.08 Å². The lowest BCUT2D eigenvalue weighted by Crippen LogP contribution is -2.25. The van der Waals surface area contributed by atoms with Crippen LogP contribution in [0.5, 0.6) is 0 Å². The minimum atomic E-state index is -0.357. The summed E-state index contributed by atoms with van der Waals surface area (Å²) >= 11 is 0. The van der Waals surface area contributed by atoms with E-state index in [2.05, 4.69) is 44.8 Å². The number of rotatable bonds is 3. The summed E-state index contributed by atoms with van der Waals surface area (Å²) in [5.74, 6) is 0. The van der Waals surface area contributed by atoms with Gasteiger partial charge in [0, 0.05) is 0 Å². The molecule has 1 rings (SSSR count). The van der Waals surface area contributed by atoms with E-state index in [0.717, 1.165) is 6.42 Å². The van der Waals surface area contributed by atoms with Crippen LogP contribution >= 0.6 is 0 Å². The van der Waals surface area contributed by atoms with Gasteiger partial charge in [0.25, 0.3) is 0 Å². The molecule has 0 aromatic heterocycles. The lowest BCUT2D eigenvalue weighted by molar-refractivity contribution is 1.14. The summed E-state index contributed by atoms with van der Waals surface area (Å²) in [5.41, 5.74) is 2.75. The van der Waals surface area contributed by atoms with Gasteiger partial charge in [-0.2, -0.15) is 0 Å². The number of hydrogen-bond donors (Lipinski definition) is 0. The van der Waals surface area contributed by atoms with E-state index in [1.54, 1.807) is 0 Å². The molecule has 0 fully saturated rings. The molecule has 0 spiro atoms. The lowest BCUT2D eigenvalue weighted by atomic mass is 10.1. The number of aryl methyl sites for hydroxylation is 1. The van der Waals surface area contributed by atoms with Crippen LogP contribution in [0, 0.1) is 0 Å². The molecule has 0 saturated heterocycles. The molecular formula is C12H17Si. The second-order valence-corrected chi connectivity index (χ2v) is 6.02. The van der Waals surface area contributed by atoms with Crippen molar-refractivity contribution in [2.75, 3.05) is 0 Å². The smallest absolute Gasteiger partial charge is 0.0799 e. The fourth-order valence-corrected chi connectivity index (χ4v) is 2.67. The van der Waals surface area contributed by atoms with Crippen molar-refractivity contribution in [3.63, 3.8) is 0 Å². The average Bonchev–Trinajstić information content (AvgIpc) is 2.16. The average molecular weight is 189 g/mol. The van der Waals surface area contributed by atoms with Crippen molar-refractivity contribution in [3.8, 4) is 0 Å². The molecule has 0 heterocycles. The van der Waals surface area contributed by atoms with E-state index in [4.69, 9.17) is 0 Å². The fourth-order valence-electron chi connectivity index (χ4n) is 1.43. The summed E-state index contributed by atoms with van der Waals surface area (Å²) in [6.45, 7) is 10.7. The van der Waals surface area contributed by atoms with Gasteiger partial charge in [0.1, 0.15) is 0 Å². The van der Waals surface area contributed by atoms with Gasteiger partial charge in [-0.1, -0.05) is 56.1 Å². The quantitative estimate of drug-likeness (QED) is 0.641. The Bertz CT molecular complexity index is 300. The number of benzene rings is 1. The van der Waals surface area contributed by atoms with Crippen LogP contribution in [-0.2, 0) is 6.42 Å². The standard InChI is InChI=1S/C12H17Si/c1-5-10-7-8-11(6-2)12(9-10)13(3)4/h6-9H,2,5H2,1,3-4H3. The molecule has 0 N–H and O–H groups in total. The van der Waals surface area contributed by atoms with E-state index in [1.165, 1.54) is 16.3 Å². The normalized spacial score (nSPS) is 10.5. The zero-order chi connectivity index (χ0) is 9.84. The van der Waals surface area contributed by atoms with Crippen LogP contribution in [0.3, 0.4) is 0 Å². The second-order valence-electron chi connectivity index (χ2n) is 3.48. The number of hydrogen-bond acceptors (Lipinski definition) is 0. The van der Waals surface area contributed by atoms with Gasteiger partial charge in [-0.3, -0.25) is 0 Å². The monoisotopic (exact) mass is 189 g/mol. The van der Waals surface area contributed by atoms with Crippen LogP contribution in [0.4, 0.5) is 0 Å². The van der Waals surface area contributed by atoms with E-state index in [0.29, 0.717) is 0 Å². The van der Waals surface area contributed by atoms with E-state index >= 15 is 0 Å². The Morgan fingerprint density at radius 1 is 1.38 bits per heavy atom. The molecule has 0 atom stereocenters. The molecular weight excluding hydrogens is 172 g/mol. The van der Waals surface area contributed by atoms with E-state index in [9.17, 15) is 0 Å². The van der Waals surface area contributed by atoms with Crippen LogP contribution in [0.1, 0.15) is 18.1 Å². The predicted molar refractivity (Wildman–Crippen MR) is 63.0 cm³/mol. The molecule has 0 nitrogen and oxygen atoms in total. The Kier molecular flexibility index (Phi) is 3.49. The highest BCUT2D eigenvalue weighted by Gasteiger charge is 2.05. The lowest BCUT2D eigenvalue weighted by Gasteiger charge is -2.10. The minimum Gasteiger partial charge on any atom is -0.0985 e. The summed E-state index contributed by atoms with van der Waals surface area (Å²) < 4.78 is 0. The Hall–Kier alpha value is -0.823. The second kappa shape index (κ2) is 4.42. The van der Waals surface area contributed by atoms with Gasteiger partial charge in [-0.25, -0.2) is 0 Å². The zero-order valence-electron chi connectivity index (χ0n) is 8.72. The molecule has 69 valence electrons. The van der Waals surface area contributed by atoms with Crippen LogP contribution in [0.2, 0.25) is 13.1 Å². The SMILES string of the molecule is C=Cc1ccc(CC)cc1[Si](C)C. The molecule has 0 aliphatic heterocycles. The van der Waals surface area contributed by atoms with Crippen LogP contribution in [0.25, 0.3) is 6.08 Å². The molecule has 0 aliphatic rings. The summed E-state index contributed by atoms with van der Waals surface area (Å²) in [6, 6.07) is 6.73. The van der Waals surface area contributed by atoms with Gasteiger partial charge in [0.15, 0.2) is 0 Å². The van der Waals surface area contributed by atoms with Gasteiger partial charge < -0.3 is 0 Å². The van der Waals surface area contributed by atoms with Crippen LogP contribution in [0.15, 0.2) is 24.8 Å². The highest BCUT2D eigenvalue weighted by atomic mass is 28.3. The third kappa shape index (κ3) is 2.31. The first-order valence-corrected chi connectivity index (χ1v) is 7.25. The third-order valence-corrected chi connectivity index (χ3v) is 3.79. The Morgan fingerprint density at radius 2 is 2.08 bits per heavy atom. The van der Waals surface area contributed by atoms with Crippen LogP contribution < -0.4 is 5.19 Å². The van der Waals surface area contributed by atoms with Crippen molar-refractivity contribution in [2.24, 2.45) is 0 Å². The molecule has 0 saturated carbocycles. The first-order chi connectivity index (χ1) is 6.19. The van der Waals surface area contributed by atoms with Crippen molar-refractivity contribution >= 4 is 20.1 Å². The topological polar surface area (TPSA) is 0 Å². The van der Waals surface area contributed by atoms with Crippen LogP contribution in [-0.4, -0.2) is 8.80 Å². The highest BCUT2D eigenvalue weighted by molar-refractivity contribution is 6.71. The van der Waals surface area contributed by atoms with Crippen molar-refractivity contribution in [2.45, 2.75) is 26.4 Å². The van der Waals surface area contributed by atoms with E-state index < -0.39 is 0 Å². The molecule has 0 bridgehead atoms. The first kappa shape index (κ1) is 10.3. The summed E-state index contributed by atoms with van der Waals surface area (Å²) in [7, 11) is -0.357. The van der Waals surface area contributed by atoms with Crippen molar-refractivity contribution in [3.05, 3.63) is 35.9 Å². The Morgan fingerprint density at radius 3 is 2.54 bits per heavy atom. The molecule has 0 amide bonds. The first-order valence-electron chi connectivity index (χ1n) is 4.75. The Labute approximate surface area is 82.9 Å². The highest BCUT2D eigenvalue weighted by Crippen LogP contribution is 2.05. The van der Waals surface area contributed by atoms with Gasteiger partial charge in [0.2, 0.25) is 0 Å². The molecule has 1 aromatic rings. The van der Waals surface area contributed by atoms with E-state index in [-0.39, 0.29) is 8.80 Å². The molecule has 1 aromatic carbocycles. The minimum absolute atomic E-state index is 0.357. The maximum atomic E-state index is 3.85. The maximum absolute atomic E-state index is 3.85. The van der Waals surface area contributed by atoms with Crippen molar-refractivity contribution in [1.82, 2.24) is 0 Å². The zero-order valence-corrected chi connectivity index (χ0v) is 9.72. The fraction of sp³-hybridized carbons (Fsp3) is 0.333. The largest absolute Gasteiger partial charge is 0.0985 e. The maximum Gasteiger partial charge on any atom is 0.0799 e. The summed E-state index contributed by atoms with van der Waals surface area (Å²) in [6.07, 6.45) is 3.09. The molecule has 0 aliphatic carbocycles. The van der Waals surface area contributed by atoms with Gasteiger partial charge >= 0.3 is 0 Å². The molecule has 13 heavy (non-hydrogen) atoms. The van der Waals surface area contributed by atoms with Gasteiger partial charge in [-0.05, 0) is 17.5 Å². The van der Waals surface area contributed by atoms with Crippen molar-refractivity contribution in [1.29, 1.82) is 0 Å². The summed E-state index contributed by atoms with van der Waals surface area (Å²) in [4.78, 5) is 0. The molecule has 1 radical (unpaired) electrons. The molecule has 0 unspecified atom stereocenters. The Balaban J connectivity index is 3.17. The van der Waals surface area contributed by atoms with Gasteiger partial charge in [0.05, 0.1) is 8.80 Å². The van der Waals surface area contributed by atoms with Crippen molar-refractivity contribution < 1.29 is 0 Å².